The highest BCUT2D eigenvalue weighted by molar-refractivity contribution is 5.99. The topological polar surface area (TPSA) is 73.6 Å². The zero-order valence-corrected chi connectivity index (χ0v) is 15.4. The molecule has 1 atom stereocenters. The summed E-state index contributed by atoms with van der Waals surface area (Å²) in [5.74, 6) is 1.79. The predicted octanol–water partition coefficient (Wildman–Crippen LogP) is 2.92. The Morgan fingerprint density at radius 2 is 2.12 bits per heavy atom. The standard InChI is InChI=1S/C19H26N2O3.ClH/c1-23-17-9-5-8-14-10-15(12-24-18(14)17)19(22)21-16(11-20)13-6-3-2-4-7-13;/h5,8-10,13,16H,2-4,6-7,11-12,20H2,1H3,(H,21,22);1H. The number of carbonyl (C=O) groups excluding carboxylic acids is 1. The van der Waals surface area contributed by atoms with Gasteiger partial charge in [0.1, 0.15) is 6.61 Å². The molecule has 6 heteroatoms. The number of hydrogen-bond donors (Lipinski definition) is 2. The molecule has 0 bridgehead atoms. The SMILES string of the molecule is COc1cccc2c1OCC(C(=O)NC(CN)C1CCCCC1)=C2.Cl. The number of halogens is 1. The summed E-state index contributed by atoms with van der Waals surface area (Å²) in [7, 11) is 1.61. The predicted molar refractivity (Wildman–Crippen MR) is 101 cm³/mol. The van der Waals surface area contributed by atoms with E-state index in [0.717, 1.165) is 18.4 Å². The van der Waals surface area contributed by atoms with E-state index in [0.29, 0.717) is 29.5 Å². The molecule has 0 radical (unpaired) electrons. The van der Waals surface area contributed by atoms with Crippen molar-refractivity contribution in [3.63, 3.8) is 0 Å². The minimum Gasteiger partial charge on any atom is -0.493 e. The summed E-state index contributed by atoms with van der Waals surface area (Å²) in [6.07, 6.45) is 7.94. The number of rotatable bonds is 5. The van der Waals surface area contributed by atoms with Gasteiger partial charge in [-0.2, -0.15) is 0 Å². The van der Waals surface area contributed by atoms with E-state index in [4.69, 9.17) is 15.2 Å². The first-order valence-corrected chi connectivity index (χ1v) is 8.74. The van der Waals surface area contributed by atoms with Gasteiger partial charge < -0.3 is 20.5 Å². The minimum atomic E-state index is -0.0792. The smallest absolute Gasteiger partial charge is 0.250 e. The van der Waals surface area contributed by atoms with Gasteiger partial charge in [0, 0.05) is 18.2 Å². The fourth-order valence-corrected chi connectivity index (χ4v) is 3.64. The Labute approximate surface area is 155 Å². The zero-order chi connectivity index (χ0) is 16.9. The van der Waals surface area contributed by atoms with Crippen molar-refractivity contribution in [2.24, 2.45) is 11.7 Å². The van der Waals surface area contributed by atoms with Crippen LogP contribution in [0, 0.1) is 5.92 Å². The van der Waals surface area contributed by atoms with E-state index < -0.39 is 0 Å². The van der Waals surface area contributed by atoms with Crippen molar-refractivity contribution in [3.05, 3.63) is 29.3 Å². The molecule has 0 aromatic heterocycles. The van der Waals surface area contributed by atoms with Gasteiger partial charge in [0.25, 0.3) is 5.91 Å². The number of benzene rings is 1. The van der Waals surface area contributed by atoms with Crippen molar-refractivity contribution in [1.82, 2.24) is 5.32 Å². The van der Waals surface area contributed by atoms with E-state index in [2.05, 4.69) is 5.32 Å². The molecule has 3 rings (SSSR count). The average Bonchev–Trinajstić information content (AvgIpc) is 2.65. The van der Waals surface area contributed by atoms with Gasteiger partial charge in [0.2, 0.25) is 0 Å². The first kappa shape index (κ1) is 19.6. The number of amides is 1. The third-order valence-electron chi connectivity index (χ3n) is 5.01. The number of carbonyl (C=O) groups is 1. The fraction of sp³-hybridized carbons (Fsp3) is 0.526. The number of methoxy groups -OCH3 is 1. The van der Waals surface area contributed by atoms with Crippen LogP contribution in [0.1, 0.15) is 37.7 Å². The Kier molecular flexibility index (Phi) is 7.14. The highest BCUT2D eigenvalue weighted by Gasteiger charge is 2.26. The quantitative estimate of drug-likeness (QED) is 0.840. The van der Waals surface area contributed by atoms with Crippen LogP contribution in [-0.4, -0.2) is 32.2 Å². The average molecular weight is 367 g/mol. The maximum absolute atomic E-state index is 12.6. The van der Waals surface area contributed by atoms with Gasteiger partial charge in [-0.05, 0) is 30.9 Å². The van der Waals surface area contributed by atoms with Crippen LogP contribution in [0.2, 0.25) is 0 Å². The second-order valence-corrected chi connectivity index (χ2v) is 6.55. The van der Waals surface area contributed by atoms with Gasteiger partial charge in [-0.25, -0.2) is 0 Å². The number of nitrogens with one attached hydrogen (secondary N) is 1. The van der Waals surface area contributed by atoms with Crippen LogP contribution in [-0.2, 0) is 4.79 Å². The molecule has 3 N–H and O–H groups in total. The lowest BCUT2D eigenvalue weighted by atomic mass is 9.84. The molecule has 1 aliphatic heterocycles. The Morgan fingerprint density at radius 1 is 1.36 bits per heavy atom. The summed E-state index contributed by atoms with van der Waals surface area (Å²) in [6, 6.07) is 5.71. The third-order valence-corrected chi connectivity index (χ3v) is 5.01. The molecule has 1 saturated carbocycles. The van der Waals surface area contributed by atoms with Crippen molar-refractivity contribution in [2.75, 3.05) is 20.3 Å². The van der Waals surface area contributed by atoms with Crippen molar-refractivity contribution >= 4 is 24.4 Å². The zero-order valence-electron chi connectivity index (χ0n) is 14.6. The maximum atomic E-state index is 12.6. The lowest BCUT2D eigenvalue weighted by Gasteiger charge is -2.30. The Bertz CT molecular complexity index is 627. The largest absolute Gasteiger partial charge is 0.493 e. The van der Waals surface area contributed by atoms with E-state index in [9.17, 15) is 4.79 Å². The maximum Gasteiger partial charge on any atom is 0.250 e. The molecule has 1 amide bonds. The summed E-state index contributed by atoms with van der Waals surface area (Å²) in [5.41, 5.74) is 7.41. The van der Waals surface area contributed by atoms with Crippen molar-refractivity contribution in [2.45, 2.75) is 38.1 Å². The molecule has 1 fully saturated rings. The molecule has 2 aliphatic rings. The number of ether oxygens (including phenoxy) is 2. The third kappa shape index (κ3) is 4.47. The molecule has 25 heavy (non-hydrogen) atoms. The molecule has 1 aromatic rings. The normalized spacial score (nSPS) is 18.1. The van der Waals surface area contributed by atoms with Crippen LogP contribution >= 0.6 is 12.4 Å². The van der Waals surface area contributed by atoms with Crippen LogP contribution in [0.25, 0.3) is 6.08 Å². The van der Waals surface area contributed by atoms with Crippen LogP contribution in [0.4, 0.5) is 0 Å². The summed E-state index contributed by atoms with van der Waals surface area (Å²) in [4.78, 5) is 12.6. The molecule has 1 heterocycles. The highest BCUT2D eigenvalue weighted by atomic mass is 35.5. The Balaban J connectivity index is 0.00000225. The van der Waals surface area contributed by atoms with Gasteiger partial charge in [-0.1, -0.05) is 31.4 Å². The highest BCUT2D eigenvalue weighted by Crippen LogP contribution is 2.35. The van der Waals surface area contributed by atoms with Crippen LogP contribution < -0.4 is 20.5 Å². The summed E-state index contributed by atoms with van der Waals surface area (Å²) in [5, 5.41) is 3.12. The molecular weight excluding hydrogens is 340 g/mol. The number of para-hydroxylation sites is 1. The van der Waals surface area contributed by atoms with Gasteiger partial charge in [0.15, 0.2) is 11.5 Å². The van der Waals surface area contributed by atoms with E-state index >= 15 is 0 Å². The Hall–Kier alpha value is -1.72. The van der Waals surface area contributed by atoms with E-state index in [1.54, 1.807) is 7.11 Å². The van der Waals surface area contributed by atoms with E-state index in [1.165, 1.54) is 19.3 Å². The van der Waals surface area contributed by atoms with Gasteiger partial charge >= 0.3 is 0 Å². The van der Waals surface area contributed by atoms with Crippen LogP contribution in [0.15, 0.2) is 23.8 Å². The molecule has 1 aliphatic carbocycles. The van der Waals surface area contributed by atoms with E-state index in [-0.39, 0.29) is 31.0 Å². The first-order chi connectivity index (χ1) is 11.7. The number of nitrogens with two attached hydrogens (primary N) is 1. The molecule has 1 unspecified atom stereocenters. The molecule has 0 spiro atoms. The molecule has 0 saturated heterocycles. The lowest BCUT2D eigenvalue weighted by molar-refractivity contribution is -0.118. The molecular formula is C19H27ClN2O3. The van der Waals surface area contributed by atoms with Gasteiger partial charge in [-0.15, -0.1) is 12.4 Å². The van der Waals surface area contributed by atoms with E-state index in [1.807, 2.05) is 24.3 Å². The van der Waals surface area contributed by atoms with Crippen LogP contribution in [0.3, 0.4) is 0 Å². The summed E-state index contributed by atoms with van der Waals surface area (Å²) >= 11 is 0. The second-order valence-electron chi connectivity index (χ2n) is 6.55. The summed E-state index contributed by atoms with van der Waals surface area (Å²) in [6.45, 7) is 0.732. The first-order valence-electron chi connectivity index (χ1n) is 8.74. The monoisotopic (exact) mass is 366 g/mol. The van der Waals surface area contributed by atoms with Gasteiger partial charge in [0.05, 0.1) is 12.7 Å². The number of hydrogen-bond acceptors (Lipinski definition) is 4. The van der Waals surface area contributed by atoms with Crippen LogP contribution in [0.5, 0.6) is 11.5 Å². The summed E-state index contributed by atoms with van der Waals surface area (Å²) < 4.78 is 11.1. The van der Waals surface area contributed by atoms with Crippen molar-refractivity contribution in [3.8, 4) is 11.5 Å². The molecule has 138 valence electrons. The fourth-order valence-electron chi connectivity index (χ4n) is 3.64. The lowest BCUT2D eigenvalue weighted by Crippen LogP contribution is -2.47. The van der Waals surface area contributed by atoms with Crippen molar-refractivity contribution in [1.29, 1.82) is 0 Å². The van der Waals surface area contributed by atoms with Crippen molar-refractivity contribution < 1.29 is 14.3 Å². The Morgan fingerprint density at radius 3 is 2.80 bits per heavy atom. The number of fused-ring (bicyclic) bond motifs is 1. The molecule has 5 nitrogen and oxygen atoms in total. The second kappa shape index (κ2) is 9.11. The minimum absolute atomic E-state index is 0. The van der Waals surface area contributed by atoms with Gasteiger partial charge in [-0.3, -0.25) is 4.79 Å². The molecule has 1 aromatic carbocycles.